The summed E-state index contributed by atoms with van der Waals surface area (Å²) in [7, 11) is 1.70. The molecule has 0 bridgehead atoms. The SMILES string of the molecule is C=CCN1CCC2(c3cccc(OC)c3)Cc3[nH]c4ccccc4c3CC2(O)C1. The molecule has 0 amide bonds. The number of nitrogens with zero attached hydrogens (tertiary/aromatic N) is 1. The summed E-state index contributed by atoms with van der Waals surface area (Å²) in [5.74, 6) is 0.843. The minimum Gasteiger partial charge on any atom is -0.497 e. The molecular weight excluding hydrogens is 360 g/mol. The molecule has 150 valence electrons. The number of hydrogen-bond donors (Lipinski definition) is 2. The first kappa shape index (κ1) is 18.5. The number of fused-ring (bicyclic) bond motifs is 4. The molecular formula is C25H28N2O2. The van der Waals surface area contributed by atoms with Gasteiger partial charge >= 0.3 is 0 Å². The number of H-pyrrole nitrogens is 1. The lowest BCUT2D eigenvalue weighted by molar-refractivity contribution is -0.100. The third-order valence-corrected chi connectivity index (χ3v) is 7.09. The Morgan fingerprint density at radius 1 is 1.21 bits per heavy atom. The second-order valence-electron chi connectivity index (χ2n) is 8.60. The first-order valence-corrected chi connectivity index (χ1v) is 10.4. The van der Waals surface area contributed by atoms with Crippen LogP contribution in [0.5, 0.6) is 5.75 Å². The van der Waals surface area contributed by atoms with Crippen molar-refractivity contribution in [3.8, 4) is 5.75 Å². The molecule has 2 heterocycles. The molecule has 1 fully saturated rings. The van der Waals surface area contributed by atoms with Crippen LogP contribution in [0.2, 0.25) is 0 Å². The maximum absolute atomic E-state index is 12.2. The largest absolute Gasteiger partial charge is 0.497 e. The molecule has 2 unspecified atom stereocenters. The highest BCUT2D eigenvalue weighted by Crippen LogP contribution is 2.51. The van der Waals surface area contributed by atoms with Gasteiger partial charge in [-0.2, -0.15) is 0 Å². The molecule has 29 heavy (non-hydrogen) atoms. The molecule has 1 aliphatic carbocycles. The molecule has 2 N–H and O–H groups in total. The molecule has 1 aliphatic heterocycles. The van der Waals surface area contributed by atoms with E-state index in [4.69, 9.17) is 4.74 Å². The van der Waals surface area contributed by atoms with Crippen molar-refractivity contribution >= 4 is 10.9 Å². The van der Waals surface area contributed by atoms with Gasteiger partial charge in [0.25, 0.3) is 0 Å². The van der Waals surface area contributed by atoms with Crippen molar-refractivity contribution in [2.24, 2.45) is 0 Å². The Labute approximate surface area is 171 Å². The Balaban J connectivity index is 1.68. The minimum atomic E-state index is -0.849. The minimum absolute atomic E-state index is 0.340. The average molecular weight is 389 g/mol. The smallest absolute Gasteiger partial charge is 0.119 e. The highest BCUT2D eigenvalue weighted by molar-refractivity contribution is 5.85. The van der Waals surface area contributed by atoms with Gasteiger partial charge in [-0.05, 0) is 42.3 Å². The maximum atomic E-state index is 12.2. The lowest BCUT2D eigenvalue weighted by Gasteiger charge is -2.56. The Morgan fingerprint density at radius 3 is 2.90 bits per heavy atom. The van der Waals surface area contributed by atoms with Gasteiger partial charge in [0, 0.05) is 47.9 Å². The van der Waals surface area contributed by atoms with Gasteiger partial charge in [-0.1, -0.05) is 36.4 Å². The number of methoxy groups -OCH3 is 1. The summed E-state index contributed by atoms with van der Waals surface area (Å²) in [5.41, 5.74) is 3.66. The van der Waals surface area contributed by atoms with Crippen LogP contribution in [0.4, 0.5) is 0 Å². The van der Waals surface area contributed by atoms with Gasteiger partial charge in [0.05, 0.1) is 12.7 Å². The quantitative estimate of drug-likeness (QED) is 0.668. The summed E-state index contributed by atoms with van der Waals surface area (Å²) in [4.78, 5) is 5.98. The molecule has 2 atom stereocenters. The van der Waals surface area contributed by atoms with E-state index in [-0.39, 0.29) is 5.41 Å². The summed E-state index contributed by atoms with van der Waals surface area (Å²) in [5, 5.41) is 13.5. The number of piperidine rings is 1. The van der Waals surface area contributed by atoms with Gasteiger partial charge in [-0.3, -0.25) is 4.90 Å². The second-order valence-corrected chi connectivity index (χ2v) is 8.60. The maximum Gasteiger partial charge on any atom is 0.119 e. The molecule has 4 nitrogen and oxygen atoms in total. The fraction of sp³-hybridized carbons (Fsp3) is 0.360. The van der Waals surface area contributed by atoms with Crippen molar-refractivity contribution < 1.29 is 9.84 Å². The van der Waals surface area contributed by atoms with Gasteiger partial charge < -0.3 is 14.8 Å². The van der Waals surface area contributed by atoms with Crippen molar-refractivity contribution in [3.63, 3.8) is 0 Å². The average Bonchev–Trinajstić information content (AvgIpc) is 3.08. The lowest BCUT2D eigenvalue weighted by atomic mass is 9.56. The molecule has 1 aromatic heterocycles. The summed E-state index contributed by atoms with van der Waals surface area (Å²) in [6.45, 7) is 6.30. The molecule has 1 saturated heterocycles. The number of aliphatic hydroxyl groups is 1. The zero-order valence-corrected chi connectivity index (χ0v) is 16.9. The number of aromatic amines is 1. The fourth-order valence-electron chi connectivity index (χ4n) is 5.64. The Hall–Kier alpha value is -2.56. The van der Waals surface area contributed by atoms with E-state index in [2.05, 4.69) is 52.9 Å². The molecule has 0 saturated carbocycles. The number of nitrogens with one attached hydrogen (secondary N) is 1. The van der Waals surface area contributed by atoms with Crippen molar-refractivity contribution in [1.82, 2.24) is 9.88 Å². The first-order chi connectivity index (χ1) is 14.1. The monoisotopic (exact) mass is 388 g/mol. The van der Waals surface area contributed by atoms with E-state index in [1.165, 1.54) is 22.2 Å². The number of ether oxygens (including phenoxy) is 1. The van der Waals surface area contributed by atoms with Crippen LogP contribution in [0.3, 0.4) is 0 Å². The van der Waals surface area contributed by atoms with E-state index in [1.807, 2.05) is 18.2 Å². The highest BCUT2D eigenvalue weighted by Gasteiger charge is 2.57. The third kappa shape index (κ3) is 2.74. The van der Waals surface area contributed by atoms with Gasteiger partial charge in [0.2, 0.25) is 0 Å². The van der Waals surface area contributed by atoms with Crippen LogP contribution in [0.15, 0.2) is 61.2 Å². The Bertz CT molecular complexity index is 1070. The number of rotatable bonds is 4. The predicted octanol–water partition coefficient (Wildman–Crippen LogP) is 3.84. The molecule has 4 heteroatoms. The van der Waals surface area contributed by atoms with E-state index in [0.29, 0.717) is 13.0 Å². The van der Waals surface area contributed by atoms with Gasteiger partial charge in [0.1, 0.15) is 5.75 Å². The summed E-state index contributed by atoms with van der Waals surface area (Å²) >= 11 is 0. The first-order valence-electron chi connectivity index (χ1n) is 10.4. The predicted molar refractivity (Wildman–Crippen MR) is 117 cm³/mol. The van der Waals surface area contributed by atoms with E-state index in [1.54, 1.807) is 7.11 Å². The van der Waals surface area contributed by atoms with Crippen LogP contribution in [0.1, 0.15) is 23.2 Å². The van der Waals surface area contributed by atoms with Crippen LogP contribution < -0.4 is 4.74 Å². The molecule has 3 aromatic rings. The van der Waals surface area contributed by atoms with Crippen LogP contribution in [0.25, 0.3) is 10.9 Å². The standard InChI is InChI=1S/C25H28N2O2/c1-3-12-27-13-11-24(18-7-6-8-19(14-18)29-2)16-23-21(15-25(24,28)17-27)20-9-4-5-10-22(20)26-23/h3-10,14,26,28H,1,11-13,15-17H2,2H3. The van der Waals surface area contributed by atoms with Crippen LogP contribution in [-0.2, 0) is 18.3 Å². The summed E-state index contributed by atoms with van der Waals surface area (Å²) in [6.07, 6.45) is 4.29. The fourth-order valence-corrected chi connectivity index (χ4v) is 5.64. The number of β-amino-alcohol motifs (C(OH)–C–C–N with tert-alkyl or cyclic N) is 1. The van der Waals surface area contributed by atoms with Crippen LogP contribution in [0, 0.1) is 0 Å². The molecule has 0 radical (unpaired) electrons. The number of para-hydroxylation sites is 1. The van der Waals surface area contributed by atoms with E-state index in [9.17, 15) is 5.11 Å². The van der Waals surface area contributed by atoms with Crippen molar-refractivity contribution in [1.29, 1.82) is 0 Å². The summed E-state index contributed by atoms with van der Waals surface area (Å²) < 4.78 is 5.52. The van der Waals surface area contributed by atoms with Crippen LogP contribution >= 0.6 is 0 Å². The van der Waals surface area contributed by atoms with E-state index in [0.717, 1.165) is 37.2 Å². The number of benzene rings is 2. The number of aromatic nitrogens is 1. The van der Waals surface area contributed by atoms with Crippen molar-refractivity contribution in [3.05, 3.63) is 78.0 Å². The van der Waals surface area contributed by atoms with Gasteiger partial charge in [0.15, 0.2) is 0 Å². The topological polar surface area (TPSA) is 48.5 Å². The lowest BCUT2D eigenvalue weighted by Crippen LogP contribution is -2.66. The second kappa shape index (κ2) is 6.75. The van der Waals surface area contributed by atoms with E-state index >= 15 is 0 Å². The summed E-state index contributed by atoms with van der Waals surface area (Å²) in [6, 6.07) is 16.7. The Kier molecular flexibility index (Phi) is 4.30. The van der Waals surface area contributed by atoms with Gasteiger partial charge in [-0.15, -0.1) is 6.58 Å². The number of likely N-dealkylation sites (tertiary alicyclic amines) is 1. The van der Waals surface area contributed by atoms with E-state index < -0.39 is 5.60 Å². The van der Waals surface area contributed by atoms with Gasteiger partial charge in [-0.25, -0.2) is 0 Å². The van der Waals surface area contributed by atoms with Crippen molar-refractivity contribution in [2.75, 3.05) is 26.7 Å². The highest BCUT2D eigenvalue weighted by atomic mass is 16.5. The molecule has 2 aliphatic rings. The zero-order valence-electron chi connectivity index (χ0n) is 16.9. The van der Waals surface area contributed by atoms with Crippen molar-refractivity contribution in [2.45, 2.75) is 30.3 Å². The normalized spacial score (nSPS) is 26.7. The molecule has 2 aromatic carbocycles. The molecule has 0 spiro atoms. The molecule has 5 rings (SSSR count). The zero-order chi connectivity index (χ0) is 20.1. The number of hydrogen-bond acceptors (Lipinski definition) is 3. The third-order valence-electron chi connectivity index (χ3n) is 7.09. The van der Waals surface area contributed by atoms with Crippen LogP contribution in [-0.4, -0.2) is 47.3 Å². The Morgan fingerprint density at radius 2 is 2.07 bits per heavy atom.